The van der Waals surface area contributed by atoms with Crippen LogP contribution in [0.25, 0.3) is 0 Å². The van der Waals surface area contributed by atoms with Crippen LogP contribution in [0.15, 0.2) is 54.6 Å². The van der Waals surface area contributed by atoms with Crippen molar-refractivity contribution in [1.29, 1.82) is 0 Å². The van der Waals surface area contributed by atoms with E-state index in [0.29, 0.717) is 13.0 Å². The zero-order valence-electron chi connectivity index (χ0n) is 15.2. The van der Waals surface area contributed by atoms with Crippen molar-refractivity contribution in [3.8, 4) is 5.75 Å². The number of aryl methyl sites for hydroxylation is 1. The van der Waals surface area contributed by atoms with E-state index in [1.54, 1.807) is 7.11 Å². The van der Waals surface area contributed by atoms with Gasteiger partial charge in [0.15, 0.2) is 0 Å². The number of nitrogens with one attached hydrogen (secondary N) is 1. The Bertz CT molecular complexity index is 774. The fraction of sp³-hybridized carbons (Fsp3) is 0.333. The van der Waals surface area contributed by atoms with Gasteiger partial charge in [-0.25, -0.2) is 4.79 Å². The van der Waals surface area contributed by atoms with Crippen LogP contribution in [0.2, 0.25) is 0 Å². The first kappa shape index (κ1) is 18.0. The summed E-state index contributed by atoms with van der Waals surface area (Å²) in [6, 6.07) is 17.1. The number of urea groups is 1. The molecule has 0 spiro atoms. The van der Waals surface area contributed by atoms with E-state index in [1.165, 1.54) is 10.5 Å². The summed E-state index contributed by atoms with van der Waals surface area (Å²) in [6.07, 6.45) is 2.07. The fourth-order valence-corrected chi connectivity index (χ4v) is 3.43. The van der Waals surface area contributed by atoms with E-state index in [-0.39, 0.29) is 11.9 Å². The maximum Gasteiger partial charge on any atom is 0.325 e. The third-order valence-electron chi connectivity index (χ3n) is 4.98. The minimum Gasteiger partial charge on any atom is -0.497 e. The Labute approximate surface area is 154 Å². The lowest BCUT2D eigenvalue weighted by molar-refractivity contribution is -0.131. The monoisotopic (exact) mass is 352 g/mol. The number of amides is 3. The van der Waals surface area contributed by atoms with Crippen LogP contribution in [-0.4, -0.2) is 30.5 Å². The highest BCUT2D eigenvalue weighted by Gasteiger charge is 2.50. The van der Waals surface area contributed by atoms with Gasteiger partial charge in [-0.1, -0.05) is 49.4 Å². The number of carbonyl (C=O) groups is 2. The van der Waals surface area contributed by atoms with E-state index in [2.05, 4.69) is 17.4 Å². The normalized spacial score (nSPS) is 19.5. The highest BCUT2D eigenvalue weighted by atomic mass is 16.5. The minimum absolute atomic E-state index is 0.178. The molecule has 0 aliphatic carbocycles. The molecule has 0 aromatic heterocycles. The first-order valence-electron chi connectivity index (χ1n) is 8.93. The second kappa shape index (κ2) is 7.60. The van der Waals surface area contributed by atoms with Crippen molar-refractivity contribution in [2.75, 3.05) is 13.7 Å². The molecule has 1 N–H and O–H groups in total. The third kappa shape index (κ3) is 3.29. The molecule has 5 heteroatoms. The molecule has 2 aromatic carbocycles. The summed E-state index contributed by atoms with van der Waals surface area (Å²) in [4.78, 5) is 26.9. The molecule has 1 fully saturated rings. The summed E-state index contributed by atoms with van der Waals surface area (Å²) in [7, 11) is 1.60. The van der Waals surface area contributed by atoms with Crippen molar-refractivity contribution in [2.24, 2.45) is 0 Å². The van der Waals surface area contributed by atoms with E-state index in [9.17, 15) is 9.59 Å². The van der Waals surface area contributed by atoms with Crippen molar-refractivity contribution in [2.45, 2.75) is 31.7 Å². The van der Waals surface area contributed by atoms with Gasteiger partial charge < -0.3 is 10.1 Å². The Kier molecular flexibility index (Phi) is 5.26. The Morgan fingerprint density at radius 2 is 1.73 bits per heavy atom. The molecule has 0 radical (unpaired) electrons. The van der Waals surface area contributed by atoms with Gasteiger partial charge in [0, 0.05) is 6.54 Å². The van der Waals surface area contributed by atoms with Gasteiger partial charge in [-0.05, 0) is 42.5 Å². The maximum absolute atomic E-state index is 13.1. The van der Waals surface area contributed by atoms with Crippen molar-refractivity contribution in [1.82, 2.24) is 10.2 Å². The van der Waals surface area contributed by atoms with Crippen LogP contribution in [0.1, 0.15) is 30.9 Å². The summed E-state index contributed by atoms with van der Waals surface area (Å²) in [5.41, 5.74) is 0.997. The molecule has 1 atom stereocenters. The molecular formula is C21H24N2O3. The van der Waals surface area contributed by atoms with Crippen molar-refractivity contribution in [3.05, 3.63) is 65.7 Å². The van der Waals surface area contributed by atoms with E-state index in [1.807, 2.05) is 49.4 Å². The van der Waals surface area contributed by atoms with Gasteiger partial charge in [0.2, 0.25) is 0 Å². The Morgan fingerprint density at radius 1 is 1.04 bits per heavy atom. The van der Waals surface area contributed by atoms with E-state index < -0.39 is 5.54 Å². The van der Waals surface area contributed by atoms with Crippen LogP contribution in [0.3, 0.4) is 0 Å². The number of carbonyl (C=O) groups excluding carboxylic acids is 2. The summed E-state index contributed by atoms with van der Waals surface area (Å²) < 4.78 is 5.18. The molecule has 1 aliphatic heterocycles. The highest BCUT2D eigenvalue weighted by Crippen LogP contribution is 2.33. The number of ether oxygens (including phenoxy) is 1. The number of benzene rings is 2. The first-order valence-corrected chi connectivity index (χ1v) is 8.93. The maximum atomic E-state index is 13.1. The van der Waals surface area contributed by atoms with Crippen LogP contribution < -0.4 is 10.1 Å². The second-order valence-corrected chi connectivity index (χ2v) is 6.46. The molecule has 0 bridgehead atoms. The van der Waals surface area contributed by atoms with E-state index in [4.69, 9.17) is 4.74 Å². The predicted octanol–water partition coefficient (Wildman–Crippen LogP) is 3.49. The standard InChI is InChI=1S/C21H24N2O3/c1-3-21(17-11-13-18(26-2)14-12-17)19(24)23(20(25)22-21)15-7-10-16-8-5-4-6-9-16/h4-6,8-9,11-14H,3,7,10,15H2,1-2H3,(H,22,25)/t21-/m1/s1. The molecule has 1 saturated heterocycles. The van der Waals surface area contributed by atoms with Gasteiger partial charge in [0.1, 0.15) is 11.3 Å². The van der Waals surface area contributed by atoms with Gasteiger partial charge in [0.25, 0.3) is 5.91 Å². The number of rotatable bonds is 7. The van der Waals surface area contributed by atoms with Crippen LogP contribution in [0, 0.1) is 0 Å². The van der Waals surface area contributed by atoms with Gasteiger partial charge >= 0.3 is 6.03 Å². The van der Waals surface area contributed by atoms with Crippen LogP contribution in [-0.2, 0) is 16.8 Å². The number of methoxy groups -OCH3 is 1. The lowest BCUT2D eigenvalue weighted by atomic mass is 9.87. The highest BCUT2D eigenvalue weighted by molar-refractivity contribution is 6.07. The van der Waals surface area contributed by atoms with Crippen molar-refractivity contribution >= 4 is 11.9 Å². The fourth-order valence-electron chi connectivity index (χ4n) is 3.43. The molecule has 0 saturated carbocycles. The van der Waals surface area contributed by atoms with Gasteiger partial charge in [-0.2, -0.15) is 0 Å². The van der Waals surface area contributed by atoms with Crippen LogP contribution in [0.5, 0.6) is 5.75 Å². The summed E-state index contributed by atoms with van der Waals surface area (Å²) >= 11 is 0. The zero-order valence-corrected chi connectivity index (χ0v) is 15.2. The zero-order chi connectivity index (χ0) is 18.6. The van der Waals surface area contributed by atoms with Gasteiger partial charge in [-0.15, -0.1) is 0 Å². The Balaban J connectivity index is 1.73. The molecule has 3 rings (SSSR count). The predicted molar refractivity (Wildman–Crippen MR) is 100.0 cm³/mol. The van der Waals surface area contributed by atoms with Crippen LogP contribution in [0.4, 0.5) is 4.79 Å². The Hall–Kier alpha value is -2.82. The number of imide groups is 1. The molecule has 2 aromatic rings. The van der Waals surface area contributed by atoms with Crippen molar-refractivity contribution < 1.29 is 14.3 Å². The third-order valence-corrected chi connectivity index (χ3v) is 4.98. The first-order chi connectivity index (χ1) is 12.6. The Morgan fingerprint density at radius 3 is 2.35 bits per heavy atom. The molecule has 1 aliphatic rings. The van der Waals surface area contributed by atoms with Crippen molar-refractivity contribution in [3.63, 3.8) is 0 Å². The average Bonchev–Trinajstić information content (AvgIpc) is 2.94. The van der Waals surface area contributed by atoms with Gasteiger partial charge in [0.05, 0.1) is 7.11 Å². The minimum atomic E-state index is -0.990. The second-order valence-electron chi connectivity index (χ2n) is 6.46. The molecule has 3 amide bonds. The topological polar surface area (TPSA) is 58.6 Å². The lowest BCUT2D eigenvalue weighted by Crippen LogP contribution is -2.43. The molecule has 0 unspecified atom stereocenters. The summed E-state index contributed by atoms with van der Waals surface area (Å²) in [5, 5.41) is 2.92. The average molecular weight is 352 g/mol. The number of hydrogen-bond donors (Lipinski definition) is 1. The molecular weight excluding hydrogens is 328 g/mol. The summed E-state index contributed by atoms with van der Waals surface area (Å²) in [5.74, 6) is 0.541. The quantitative estimate of drug-likeness (QED) is 0.776. The largest absolute Gasteiger partial charge is 0.497 e. The van der Waals surface area contributed by atoms with Gasteiger partial charge in [-0.3, -0.25) is 9.69 Å². The van der Waals surface area contributed by atoms with E-state index in [0.717, 1.165) is 24.2 Å². The molecule has 26 heavy (non-hydrogen) atoms. The molecule has 5 nitrogen and oxygen atoms in total. The van der Waals surface area contributed by atoms with Crippen LogP contribution >= 0.6 is 0 Å². The number of hydrogen-bond acceptors (Lipinski definition) is 3. The molecule has 136 valence electrons. The smallest absolute Gasteiger partial charge is 0.325 e. The molecule has 1 heterocycles. The SMILES string of the molecule is CC[C@]1(c2ccc(OC)cc2)NC(=O)N(CCCc2ccccc2)C1=O. The van der Waals surface area contributed by atoms with E-state index >= 15 is 0 Å². The lowest BCUT2D eigenvalue weighted by Gasteiger charge is -2.26. The number of nitrogens with zero attached hydrogens (tertiary/aromatic N) is 1. The summed E-state index contributed by atoms with van der Waals surface area (Å²) in [6.45, 7) is 2.33.